The molecular weight excluding hydrogens is 223 g/mol. The molecule has 0 bridgehead atoms. The van der Waals surface area contributed by atoms with E-state index in [4.69, 9.17) is 0 Å². The summed E-state index contributed by atoms with van der Waals surface area (Å²) in [6.07, 6.45) is 9.74. The van der Waals surface area contributed by atoms with E-state index in [1.807, 2.05) is 0 Å². The van der Waals surface area contributed by atoms with Crippen molar-refractivity contribution >= 4 is 22.6 Å². The van der Waals surface area contributed by atoms with Crippen LogP contribution >= 0.6 is 22.6 Å². The van der Waals surface area contributed by atoms with Gasteiger partial charge in [0.2, 0.25) is 0 Å². The SMILES string of the molecule is CC1=CC=C(I)CC=C1. The zero-order chi connectivity index (χ0) is 6.69. The smallest absolute Gasteiger partial charge is 0.00359 e. The summed E-state index contributed by atoms with van der Waals surface area (Å²) in [5.41, 5.74) is 1.33. The molecule has 0 aromatic heterocycles. The Hall–Kier alpha value is -0.0500. The topological polar surface area (TPSA) is 0 Å². The molecule has 9 heavy (non-hydrogen) atoms. The monoisotopic (exact) mass is 232 g/mol. The zero-order valence-electron chi connectivity index (χ0n) is 5.39. The maximum Gasteiger partial charge on any atom is -0.00359 e. The first kappa shape index (κ1) is 7.06. The predicted molar refractivity (Wildman–Crippen MR) is 49.6 cm³/mol. The highest BCUT2D eigenvalue weighted by Crippen LogP contribution is 2.16. The van der Waals surface area contributed by atoms with E-state index in [2.05, 4.69) is 53.8 Å². The minimum Gasteiger partial charge on any atom is -0.0794 e. The molecule has 0 aromatic rings. The van der Waals surface area contributed by atoms with Crippen LogP contribution in [0.1, 0.15) is 13.3 Å². The van der Waals surface area contributed by atoms with Crippen molar-refractivity contribution in [1.29, 1.82) is 0 Å². The number of rotatable bonds is 0. The van der Waals surface area contributed by atoms with Crippen LogP contribution in [0.2, 0.25) is 0 Å². The molecule has 0 unspecified atom stereocenters. The largest absolute Gasteiger partial charge is 0.0794 e. The molecule has 1 rings (SSSR count). The van der Waals surface area contributed by atoms with Crippen LogP contribution in [0.25, 0.3) is 0 Å². The average molecular weight is 232 g/mol. The highest BCUT2D eigenvalue weighted by Gasteiger charge is 1.89. The Kier molecular flexibility index (Phi) is 2.51. The zero-order valence-corrected chi connectivity index (χ0v) is 7.55. The molecule has 0 aliphatic heterocycles. The summed E-state index contributed by atoms with van der Waals surface area (Å²) in [4.78, 5) is 0. The van der Waals surface area contributed by atoms with Gasteiger partial charge in [0.1, 0.15) is 0 Å². The van der Waals surface area contributed by atoms with Gasteiger partial charge in [-0.1, -0.05) is 29.9 Å². The summed E-state index contributed by atoms with van der Waals surface area (Å²) in [5.74, 6) is 0. The van der Waals surface area contributed by atoms with Crippen molar-refractivity contribution in [3.05, 3.63) is 33.5 Å². The van der Waals surface area contributed by atoms with Crippen LogP contribution in [0.4, 0.5) is 0 Å². The number of hydrogen-bond donors (Lipinski definition) is 0. The molecule has 0 nitrogen and oxygen atoms in total. The Morgan fingerprint density at radius 2 is 2.22 bits per heavy atom. The van der Waals surface area contributed by atoms with E-state index in [9.17, 15) is 0 Å². The Balaban J connectivity index is 2.80. The molecule has 0 fully saturated rings. The van der Waals surface area contributed by atoms with E-state index in [0.717, 1.165) is 6.42 Å². The van der Waals surface area contributed by atoms with Crippen molar-refractivity contribution in [2.45, 2.75) is 13.3 Å². The highest BCUT2D eigenvalue weighted by molar-refractivity contribution is 14.1. The van der Waals surface area contributed by atoms with Gasteiger partial charge in [0, 0.05) is 0 Å². The molecule has 1 aliphatic rings. The summed E-state index contributed by atoms with van der Waals surface area (Å²) in [6, 6.07) is 0. The van der Waals surface area contributed by atoms with Crippen molar-refractivity contribution in [1.82, 2.24) is 0 Å². The van der Waals surface area contributed by atoms with E-state index < -0.39 is 0 Å². The average Bonchev–Trinajstić information content (AvgIpc) is 1.97. The molecule has 0 saturated carbocycles. The first-order chi connectivity index (χ1) is 4.29. The van der Waals surface area contributed by atoms with Gasteiger partial charge in [0.05, 0.1) is 0 Å². The Bertz CT molecular complexity index is 185. The normalized spacial score (nSPS) is 18.4. The molecular formula is C8H9I. The minimum absolute atomic E-state index is 1.09. The molecule has 0 atom stereocenters. The lowest BCUT2D eigenvalue weighted by Crippen LogP contribution is -1.61. The molecule has 0 saturated heterocycles. The fourth-order valence-electron chi connectivity index (χ4n) is 0.703. The van der Waals surface area contributed by atoms with Crippen LogP contribution in [0.3, 0.4) is 0 Å². The quantitative estimate of drug-likeness (QED) is 0.562. The second kappa shape index (κ2) is 3.20. The Labute approximate surface area is 69.5 Å². The molecule has 1 aliphatic carbocycles. The highest BCUT2D eigenvalue weighted by atomic mass is 127. The fraction of sp³-hybridized carbons (Fsp3) is 0.250. The van der Waals surface area contributed by atoms with Crippen LogP contribution < -0.4 is 0 Å². The standard InChI is InChI=1S/C8H9I/c1-7-3-2-4-8(9)6-5-7/h2-3,5-6H,4H2,1H3. The molecule has 0 heterocycles. The van der Waals surface area contributed by atoms with Crippen LogP contribution in [0, 0.1) is 0 Å². The van der Waals surface area contributed by atoms with Gasteiger partial charge in [0.25, 0.3) is 0 Å². The van der Waals surface area contributed by atoms with E-state index in [0.29, 0.717) is 0 Å². The van der Waals surface area contributed by atoms with Crippen LogP contribution in [0.5, 0.6) is 0 Å². The van der Waals surface area contributed by atoms with Crippen molar-refractivity contribution in [2.24, 2.45) is 0 Å². The van der Waals surface area contributed by atoms with Gasteiger partial charge in [0.15, 0.2) is 0 Å². The Morgan fingerprint density at radius 3 is 3.00 bits per heavy atom. The second-order valence-corrected chi connectivity index (χ2v) is 3.52. The predicted octanol–water partition coefficient (Wildman–Crippen LogP) is 3.21. The molecule has 1 heteroatoms. The Morgan fingerprint density at radius 1 is 1.44 bits per heavy atom. The summed E-state index contributed by atoms with van der Waals surface area (Å²) in [7, 11) is 0. The van der Waals surface area contributed by atoms with Crippen molar-refractivity contribution in [3.63, 3.8) is 0 Å². The summed E-state index contributed by atoms with van der Waals surface area (Å²) in [6.45, 7) is 2.11. The maximum absolute atomic E-state index is 2.36. The molecule has 0 amide bonds. The lowest BCUT2D eigenvalue weighted by Gasteiger charge is -1.84. The molecule has 0 spiro atoms. The van der Waals surface area contributed by atoms with Gasteiger partial charge in [-0.05, 0) is 39.5 Å². The lowest BCUT2D eigenvalue weighted by molar-refractivity contribution is 1.38. The van der Waals surface area contributed by atoms with Crippen LogP contribution in [-0.4, -0.2) is 0 Å². The van der Waals surface area contributed by atoms with Crippen molar-refractivity contribution in [2.75, 3.05) is 0 Å². The van der Waals surface area contributed by atoms with E-state index in [1.165, 1.54) is 9.15 Å². The lowest BCUT2D eigenvalue weighted by atomic mass is 10.3. The molecule has 48 valence electrons. The van der Waals surface area contributed by atoms with E-state index >= 15 is 0 Å². The minimum atomic E-state index is 1.09. The number of hydrogen-bond acceptors (Lipinski definition) is 0. The maximum atomic E-state index is 2.36. The van der Waals surface area contributed by atoms with Crippen LogP contribution in [-0.2, 0) is 0 Å². The van der Waals surface area contributed by atoms with Gasteiger partial charge in [-0.3, -0.25) is 0 Å². The second-order valence-electron chi connectivity index (χ2n) is 2.13. The van der Waals surface area contributed by atoms with Gasteiger partial charge >= 0.3 is 0 Å². The summed E-state index contributed by atoms with van der Waals surface area (Å²) < 4.78 is 1.40. The number of allylic oxidation sites excluding steroid dienone is 6. The van der Waals surface area contributed by atoms with Gasteiger partial charge in [-0.2, -0.15) is 0 Å². The van der Waals surface area contributed by atoms with Crippen LogP contribution in [0.15, 0.2) is 33.5 Å². The molecule has 0 N–H and O–H groups in total. The molecule has 0 aromatic carbocycles. The van der Waals surface area contributed by atoms with Crippen molar-refractivity contribution in [3.8, 4) is 0 Å². The van der Waals surface area contributed by atoms with E-state index in [-0.39, 0.29) is 0 Å². The van der Waals surface area contributed by atoms with Gasteiger partial charge in [-0.25, -0.2) is 0 Å². The molecule has 0 radical (unpaired) electrons. The first-order valence-corrected chi connectivity index (χ1v) is 4.06. The van der Waals surface area contributed by atoms with Gasteiger partial charge in [-0.15, -0.1) is 0 Å². The third-order valence-corrected chi connectivity index (χ3v) is 2.02. The fourth-order valence-corrected chi connectivity index (χ4v) is 1.14. The third kappa shape index (κ3) is 2.35. The summed E-state index contributed by atoms with van der Waals surface area (Å²) in [5, 5.41) is 0. The third-order valence-electron chi connectivity index (χ3n) is 1.22. The van der Waals surface area contributed by atoms with Gasteiger partial charge < -0.3 is 0 Å². The van der Waals surface area contributed by atoms with Crippen molar-refractivity contribution < 1.29 is 0 Å². The van der Waals surface area contributed by atoms with E-state index in [1.54, 1.807) is 0 Å². The summed E-state index contributed by atoms with van der Waals surface area (Å²) >= 11 is 2.36. The first-order valence-electron chi connectivity index (χ1n) is 2.98. The number of halogens is 1.